The van der Waals surface area contributed by atoms with E-state index in [-0.39, 0.29) is 12.2 Å². The summed E-state index contributed by atoms with van der Waals surface area (Å²) in [6.45, 7) is 7.35. The molecule has 4 aliphatic rings. The highest BCUT2D eigenvalue weighted by molar-refractivity contribution is 6.30. The molecule has 1 aromatic rings. The third-order valence-electron chi connectivity index (χ3n) is 7.43. The number of amidine groups is 2. The van der Waals surface area contributed by atoms with Crippen LogP contribution in [-0.2, 0) is 16.0 Å². The van der Waals surface area contributed by atoms with Gasteiger partial charge in [-0.3, -0.25) is 14.6 Å². The van der Waals surface area contributed by atoms with Crippen molar-refractivity contribution in [1.29, 1.82) is 0 Å². The first-order chi connectivity index (χ1) is 17.8. The standard InChI is InChI=1S/C24H35ClN6O2.C2H4O2/c25-18-3-1-17(2-4-18)11-20-16-33-22(14-29-8-7-21(32)13-29)15-31(20)19-5-9-30(10-6-19)24-12-23(26)27-28-24;1-2(3)4/h1-4,19-22,32H,5-16H2,(H2,26,27);1H3,(H,3,4)/t20-,21+,22-;/m0./s1. The molecule has 5 rings (SSSR count). The summed E-state index contributed by atoms with van der Waals surface area (Å²) in [6.07, 6.45) is 4.70. The van der Waals surface area contributed by atoms with Crippen molar-refractivity contribution in [1.82, 2.24) is 14.7 Å². The molecule has 0 saturated carbocycles. The van der Waals surface area contributed by atoms with Gasteiger partial charge in [0.25, 0.3) is 5.97 Å². The maximum absolute atomic E-state index is 9.91. The zero-order valence-electron chi connectivity index (χ0n) is 21.5. The fourth-order valence-electron chi connectivity index (χ4n) is 5.66. The van der Waals surface area contributed by atoms with Gasteiger partial charge < -0.3 is 25.6 Å². The maximum atomic E-state index is 9.91. The topological polar surface area (TPSA) is 127 Å². The lowest BCUT2D eigenvalue weighted by atomic mass is 9.96. The molecule has 11 heteroatoms. The average molecular weight is 535 g/mol. The second-order valence-electron chi connectivity index (χ2n) is 10.4. The average Bonchev–Trinajstić information content (AvgIpc) is 3.49. The van der Waals surface area contributed by atoms with Crippen LogP contribution < -0.4 is 5.73 Å². The zero-order chi connectivity index (χ0) is 26.4. The van der Waals surface area contributed by atoms with Crippen molar-refractivity contribution in [2.24, 2.45) is 15.9 Å². The van der Waals surface area contributed by atoms with E-state index >= 15 is 0 Å². The molecule has 10 nitrogen and oxygen atoms in total. The Kier molecular flexibility index (Phi) is 9.77. The number of nitrogens with two attached hydrogens (primary N) is 1. The van der Waals surface area contributed by atoms with Crippen molar-refractivity contribution in [2.45, 2.75) is 63.3 Å². The van der Waals surface area contributed by atoms with Gasteiger partial charge in [0.15, 0.2) is 0 Å². The predicted molar refractivity (Wildman–Crippen MR) is 144 cm³/mol. The predicted octanol–water partition coefficient (Wildman–Crippen LogP) is 1.65. The Bertz CT molecular complexity index is 962. The van der Waals surface area contributed by atoms with Gasteiger partial charge in [0.05, 0.1) is 25.2 Å². The van der Waals surface area contributed by atoms with Gasteiger partial charge in [-0.25, -0.2) is 0 Å². The number of hydrogen-bond donors (Lipinski definition) is 3. The van der Waals surface area contributed by atoms with Crippen LogP contribution in [0.15, 0.2) is 34.5 Å². The number of nitrogens with zero attached hydrogens (tertiary/aromatic N) is 5. The first kappa shape index (κ1) is 27.8. The minimum absolute atomic E-state index is 0.183. The number of β-amino-alcohol motifs (C(OH)–C–C–N with tert-alkyl or cyclic N) is 1. The van der Waals surface area contributed by atoms with E-state index in [2.05, 4.69) is 37.0 Å². The Hall–Kier alpha value is -2.24. The molecule has 0 bridgehead atoms. The van der Waals surface area contributed by atoms with Crippen LogP contribution in [0.2, 0.25) is 5.02 Å². The van der Waals surface area contributed by atoms with Crippen LogP contribution in [0.25, 0.3) is 0 Å². The normalized spacial score (nSPS) is 27.4. The SMILES string of the molecule is CC(=O)O.NC1=NN=C(N2CCC(N3C[C@H](CN4CC[C@@H](O)C4)OC[C@@H]3Cc3ccc(Cl)cc3)CC2)C1. The summed E-state index contributed by atoms with van der Waals surface area (Å²) in [7, 11) is 0. The molecule has 0 unspecified atom stereocenters. The number of ether oxygens (including phenoxy) is 1. The highest BCUT2D eigenvalue weighted by Crippen LogP contribution is 2.27. The minimum Gasteiger partial charge on any atom is -0.481 e. The van der Waals surface area contributed by atoms with E-state index < -0.39 is 5.97 Å². The third-order valence-corrected chi connectivity index (χ3v) is 7.69. The Morgan fingerprint density at radius 3 is 2.43 bits per heavy atom. The summed E-state index contributed by atoms with van der Waals surface area (Å²) in [5.74, 6) is 0.786. The van der Waals surface area contributed by atoms with Crippen LogP contribution in [0.1, 0.15) is 38.2 Å². The van der Waals surface area contributed by atoms with E-state index in [4.69, 9.17) is 32.0 Å². The fourth-order valence-corrected chi connectivity index (χ4v) is 5.78. The van der Waals surface area contributed by atoms with Gasteiger partial charge >= 0.3 is 0 Å². The molecule has 4 heterocycles. The molecular formula is C26H39ClN6O4. The maximum Gasteiger partial charge on any atom is 0.300 e. The van der Waals surface area contributed by atoms with Crippen LogP contribution in [0, 0.1) is 0 Å². The van der Waals surface area contributed by atoms with Gasteiger partial charge in [0, 0.05) is 63.3 Å². The first-order valence-electron chi connectivity index (χ1n) is 13.1. The number of carboxylic acids is 1. The van der Waals surface area contributed by atoms with Crippen LogP contribution in [-0.4, -0.2) is 113 Å². The van der Waals surface area contributed by atoms with Gasteiger partial charge in [0.1, 0.15) is 11.7 Å². The molecule has 0 radical (unpaired) electrons. The van der Waals surface area contributed by atoms with E-state index in [1.165, 1.54) is 5.56 Å². The molecule has 0 aliphatic carbocycles. The van der Waals surface area contributed by atoms with Crippen molar-refractivity contribution < 1.29 is 19.7 Å². The molecule has 3 saturated heterocycles. The number of morpholine rings is 1. The smallest absolute Gasteiger partial charge is 0.300 e. The second-order valence-corrected chi connectivity index (χ2v) is 10.8. The molecular weight excluding hydrogens is 496 g/mol. The number of aliphatic carboxylic acids is 1. The van der Waals surface area contributed by atoms with Gasteiger partial charge in [-0.05, 0) is 43.4 Å². The molecule has 0 spiro atoms. The summed E-state index contributed by atoms with van der Waals surface area (Å²) >= 11 is 6.10. The number of carboxylic acid groups (broad SMARTS) is 1. The fraction of sp³-hybridized carbons (Fsp3) is 0.654. The highest BCUT2D eigenvalue weighted by Gasteiger charge is 2.37. The molecule has 3 fully saturated rings. The lowest BCUT2D eigenvalue weighted by molar-refractivity contribution is -0.134. The minimum atomic E-state index is -0.833. The monoisotopic (exact) mass is 534 g/mol. The summed E-state index contributed by atoms with van der Waals surface area (Å²) in [4.78, 5) is 16.4. The van der Waals surface area contributed by atoms with Crippen molar-refractivity contribution in [3.8, 4) is 0 Å². The molecule has 204 valence electrons. The lowest BCUT2D eigenvalue weighted by Gasteiger charge is -2.47. The van der Waals surface area contributed by atoms with Gasteiger partial charge in [-0.2, -0.15) is 0 Å². The van der Waals surface area contributed by atoms with Gasteiger partial charge in [-0.1, -0.05) is 23.7 Å². The van der Waals surface area contributed by atoms with Crippen LogP contribution in [0.5, 0.6) is 0 Å². The van der Waals surface area contributed by atoms with E-state index in [9.17, 15) is 5.11 Å². The molecule has 0 amide bonds. The number of piperidine rings is 1. The van der Waals surface area contributed by atoms with Crippen LogP contribution in [0.4, 0.5) is 0 Å². The number of rotatable bonds is 5. The van der Waals surface area contributed by atoms with E-state index in [1.807, 2.05) is 12.1 Å². The lowest BCUT2D eigenvalue weighted by Crippen LogP contribution is -2.59. The number of likely N-dealkylation sites (tertiary alicyclic amines) is 2. The number of benzene rings is 1. The van der Waals surface area contributed by atoms with Crippen molar-refractivity contribution in [3.05, 3.63) is 34.9 Å². The van der Waals surface area contributed by atoms with E-state index in [0.29, 0.717) is 24.3 Å². The molecule has 1 aromatic carbocycles. The molecule has 37 heavy (non-hydrogen) atoms. The third kappa shape index (κ3) is 8.12. The molecule has 0 aromatic heterocycles. The zero-order valence-corrected chi connectivity index (χ0v) is 22.3. The second kappa shape index (κ2) is 13.0. The number of aliphatic hydroxyl groups is 1. The summed E-state index contributed by atoms with van der Waals surface area (Å²) < 4.78 is 6.37. The van der Waals surface area contributed by atoms with Crippen LogP contribution >= 0.6 is 11.6 Å². The molecule has 4 N–H and O–H groups in total. The number of carbonyl (C=O) groups is 1. The summed E-state index contributed by atoms with van der Waals surface area (Å²) in [5, 5.41) is 26.4. The van der Waals surface area contributed by atoms with Gasteiger partial charge in [-0.15, -0.1) is 10.2 Å². The Morgan fingerprint density at radius 2 is 1.84 bits per heavy atom. The summed E-state index contributed by atoms with van der Waals surface area (Å²) in [6, 6.07) is 9.08. The largest absolute Gasteiger partial charge is 0.481 e. The molecule has 3 atom stereocenters. The first-order valence-corrected chi connectivity index (χ1v) is 13.5. The van der Waals surface area contributed by atoms with Crippen molar-refractivity contribution >= 4 is 29.2 Å². The molecule has 4 aliphatic heterocycles. The summed E-state index contributed by atoms with van der Waals surface area (Å²) in [5.41, 5.74) is 7.12. The van der Waals surface area contributed by atoms with Gasteiger partial charge in [0.2, 0.25) is 0 Å². The van der Waals surface area contributed by atoms with E-state index in [1.54, 1.807) is 0 Å². The Labute approximate surface area is 223 Å². The highest BCUT2D eigenvalue weighted by atomic mass is 35.5. The van der Waals surface area contributed by atoms with Crippen molar-refractivity contribution in [2.75, 3.05) is 45.9 Å². The van der Waals surface area contributed by atoms with Crippen molar-refractivity contribution in [3.63, 3.8) is 0 Å². The van der Waals surface area contributed by atoms with E-state index in [0.717, 1.165) is 89.3 Å². The quantitative estimate of drug-likeness (QED) is 0.520. The number of aliphatic hydroxyl groups excluding tert-OH is 1. The van der Waals surface area contributed by atoms with Crippen LogP contribution in [0.3, 0.4) is 0 Å². The number of hydrogen-bond acceptors (Lipinski definition) is 9. The Balaban J connectivity index is 0.000000747. The number of halogens is 1. The Morgan fingerprint density at radius 1 is 1.14 bits per heavy atom.